The van der Waals surface area contributed by atoms with Crippen LogP contribution in [0, 0.1) is 0 Å². The van der Waals surface area contributed by atoms with Crippen LogP contribution < -0.4 is 17.0 Å². The smallest absolute Gasteiger partial charge is 0.289 e. The van der Waals surface area contributed by atoms with Crippen LogP contribution in [0.25, 0.3) is 0 Å². The first kappa shape index (κ1) is 21.1. The van der Waals surface area contributed by atoms with Gasteiger partial charge in [-0.15, -0.1) is 0 Å². The first-order valence-electron chi connectivity index (χ1n) is 8.77. The largest absolute Gasteiger partial charge is 1.00 e. The zero-order chi connectivity index (χ0) is 18.9. The molecular formula is C22H22ClN3O2. The van der Waals surface area contributed by atoms with Crippen molar-refractivity contribution in [3.05, 3.63) is 102 Å². The Labute approximate surface area is 171 Å². The molecule has 0 fully saturated rings. The Morgan fingerprint density at radius 3 is 2.04 bits per heavy atom. The van der Waals surface area contributed by atoms with E-state index in [0.717, 1.165) is 16.7 Å². The van der Waals surface area contributed by atoms with E-state index in [2.05, 4.69) is 5.16 Å². The summed E-state index contributed by atoms with van der Waals surface area (Å²) in [6.07, 6.45) is 4.95. The summed E-state index contributed by atoms with van der Waals surface area (Å²) in [5.41, 5.74) is 2.91. The van der Waals surface area contributed by atoms with E-state index in [1.165, 1.54) is 6.21 Å². The molecule has 5 nitrogen and oxygen atoms in total. The molecule has 2 aromatic carbocycles. The van der Waals surface area contributed by atoms with Gasteiger partial charge in [-0.25, -0.2) is 0 Å². The maximum atomic E-state index is 13.0. The summed E-state index contributed by atoms with van der Waals surface area (Å²) in [5.74, 6) is 0.0193. The van der Waals surface area contributed by atoms with Gasteiger partial charge >= 0.3 is 0 Å². The molecule has 0 radical (unpaired) electrons. The van der Waals surface area contributed by atoms with Crippen molar-refractivity contribution in [2.24, 2.45) is 5.16 Å². The lowest BCUT2D eigenvalue weighted by molar-refractivity contribution is -0.685. The molecule has 1 N–H and O–H groups in total. The number of carbonyl (C=O) groups excluding carboxylic acids is 1. The van der Waals surface area contributed by atoms with Gasteiger partial charge in [0.2, 0.25) is 6.54 Å². The highest BCUT2D eigenvalue weighted by Gasteiger charge is 2.19. The lowest BCUT2D eigenvalue weighted by atomic mass is 10.1. The minimum Gasteiger partial charge on any atom is -1.00 e. The quantitative estimate of drug-likeness (QED) is 0.265. The van der Waals surface area contributed by atoms with Crippen LogP contribution in [0.4, 0.5) is 0 Å². The van der Waals surface area contributed by atoms with Crippen molar-refractivity contribution in [3.63, 3.8) is 0 Å². The Morgan fingerprint density at radius 2 is 1.50 bits per heavy atom. The third-order valence-corrected chi connectivity index (χ3v) is 4.19. The summed E-state index contributed by atoms with van der Waals surface area (Å²) in [7, 11) is 0. The van der Waals surface area contributed by atoms with Crippen LogP contribution in [0.5, 0.6) is 0 Å². The van der Waals surface area contributed by atoms with E-state index in [0.29, 0.717) is 13.1 Å². The Balaban J connectivity index is 0.00000280. The fourth-order valence-corrected chi connectivity index (χ4v) is 2.88. The Kier molecular flexibility index (Phi) is 8.18. The molecular weight excluding hydrogens is 374 g/mol. The van der Waals surface area contributed by atoms with Crippen LogP contribution in [0.15, 0.2) is 90.3 Å². The zero-order valence-electron chi connectivity index (χ0n) is 15.4. The number of rotatable bonds is 7. The molecule has 3 rings (SSSR count). The summed E-state index contributed by atoms with van der Waals surface area (Å²) in [6, 6.07) is 23.6. The minimum absolute atomic E-state index is 0. The maximum Gasteiger partial charge on any atom is 0.289 e. The first-order chi connectivity index (χ1) is 13.2. The fraction of sp³-hybridized carbons (Fsp3) is 0.136. The van der Waals surface area contributed by atoms with Gasteiger partial charge < -0.3 is 22.5 Å². The normalized spacial score (nSPS) is 10.4. The molecule has 1 amide bonds. The van der Waals surface area contributed by atoms with Crippen LogP contribution in [0.2, 0.25) is 0 Å². The monoisotopic (exact) mass is 395 g/mol. The predicted molar refractivity (Wildman–Crippen MR) is 103 cm³/mol. The fourth-order valence-electron chi connectivity index (χ4n) is 2.88. The topological polar surface area (TPSA) is 56.8 Å². The third-order valence-electron chi connectivity index (χ3n) is 4.19. The number of oxime groups is 1. The summed E-state index contributed by atoms with van der Waals surface area (Å²) in [6.45, 7) is 1.31. The summed E-state index contributed by atoms with van der Waals surface area (Å²) < 4.78 is 1.79. The lowest BCUT2D eigenvalue weighted by Gasteiger charge is -2.22. The van der Waals surface area contributed by atoms with Crippen molar-refractivity contribution in [2.45, 2.75) is 19.6 Å². The van der Waals surface area contributed by atoms with Crippen molar-refractivity contribution in [1.82, 2.24) is 4.90 Å². The van der Waals surface area contributed by atoms with Crippen LogP contribution in [0.1, 0.15) is 16.7 Å². The number of aromatic nitrogens is 1. The molecule has 144 valence electrons. The van der Waals surface area contributed by atoms with E-state index < -0.39 is 0 Å². The second kappa shape index (κ2) is 10.8. The number of amides is 1. The molecule has 0 saturated carbocycles. The number of hydrogen-bond donors (Lipinski definition) is 1. The highest BCUT2D eigenvalue weighted by Crippen LogP contribution is 2.10. The molecule has 6 heteroatoms. The number of pyridine rings is 1. The average molecular weight is 396 g/mol. The van der Waals surface area contributed by atoms with Crippen LogP contribution >= 0.6 is 0 Å². The SMILES string of the molecule is O=C(C[n+]1cccc(/C=N/O)c1)N(Cc1ccccc1)Cc1ccccc1.[Cl-]. The average Bonchev–Trinajstić information content (AvgIpc) is 2.70. The van der Waals surface area contributed by atoms with Gasteiger partial charge in [-0.3, -0.25) is 4.79 Å². The van der Waals surface area contributed by atoms with Gasteiger partial charge in [-0.05, 0) is 17.2 Å². The Morgan fingerprint density at radius 1 is 0.929 bits per heavy atom. The van der Waals surface area contributed by atoms with Crippen LogP contribution in [-0.2, 0) is 24.4 Å². The van der Waals surface area contributed by atoms with Crippen molar-refractivity contribution >= 4 is 12.1 Å². The van der Waals surface area contributed by atoms with E-state index in [9.17, 15) is 4.79 Å². The van der Waals surface area contributed by atoms with Gasteiger partial charge in [0.1, 0.15) is 0 Å². The van der Waals surface area contributed by atoms with E-state index in [-0.39, 0.29) is 24.9 Å². The highest BCUT2D eigenvalue weighted by molar-refractivity contribution is 5.78. The summed E-state index contributed by atoms with van der Waals surface area (Å²) in [5, 5.41) is 11.7. The number of halogens is 1. The Hall–Kier alpha value is -3.18. The molecule has 0 unspecified atom stereocenters. The number of nitrogens with zero attached hydrogens (tertiary/aromatic N) is 3. The van der Waals surface area contributed by atoms with Gasteiger partial charge in [0.25, 0.3) is 5.91 Å². The second-order valence-electron chi connectivity index (χ2n) is 6.28. The molecule has 0 aliphatic rings. The maximum absolute atomic E-state index is 13.0. The van der Waals surface area contributed by atoms with Crippen LogP contribution in [0.3, 0.4) is 0 Å². The highest BCUT2D eigenvalue weighted by atomic mass is 35.5. The number of benzene rings is 2. The van der Waals surface area contributed by atoms with Gasteiger partial charge in [-0.2, -0.15) is 4.57 Å². The third kappa shape index (κ3) is 6.21. The molecule has 0 aliphatic heterocycles. The zero-order valence-corrected chi connectivity index (χ0v) is 16.1. The first-order valence-corrected chi connectivity index (χ1v) is 8.77. The Bertz CT molecular complexity index is 860. The molecule has 3 aromatic rings. The minimum atomic E-state index is 0. The van der Waals surface area contributed by atoms with E-state index in [1.807, 2.05) is 83.9 Å². The number of hydrogen-bond acceptors (Lipinski definition) is 3. The van der Waals surface area contributed by atoms with Gasteiger partial charge in [0.15, 0.2) is 12.4 Å². The van der Waals surface area contributed by atoms with Crippen LogP contribution in [-0.4, -0.2) is 22.2 Å². The molecule has 0 atom stereocenters. The van der Waals surface area contributed by atoms with Crippen molar-refractivity contribution in [2.75, 3.05) is 0 Å². The molecule has 1 aromatic heterocycles. The van der Waals surface area contributed by atoms with Crippen molar-refractivity contribution < 1.29 is 27.0 Å². The molecule has 28 heavy (non-hydrogen) atoms. The second-order valence-corrected chi connectivity index (χ2v) is 6.28. The lowest BCUT2D eigenvalue weighted by Crippen LogP contribution is -3.00. The predicted octanol–water partition coefficient (Wildman–Crippen LogP) is 0.0152. The van der Waals surface area contributed by atoms with Gasteiger partial charge in [0.05, 0.1) is 11.8 Å². The molecule has 0 spiro atoms. The number of carbonyl (C=O) groups is 1. The van der Waals surface area contributed by atoms with Crippen molar-refractivity contribution in [3.8, 4) is 0 Å². The van der Waals surface area contributed by atoms with E-state index in [4.69, 9.17) is 5.21 Å². The standard InChI is InChI=1S/C22H21N3O2.ClH/c26-22(18-24-13-7-12-21(15-24)14-23-27)25(16-19-8-3-1-4-9-19)17-20-10-5-2-6-11-20;/h1-15H,16-18H2;1H/b23-14+;. The molecule has 0 bridgehead atoms. The summed E-state index contributed by atoms with van der Waals surface area (Å²) in [4.78, 5) is 14.9. The van der Waals surface area contributed by atoms with E-state index >= 15 is 0 Å². The van der Waals surface area contributed by atoms with Gasteiger partial charge in [0, 0.05) is 19.2 Å². The molecule has 1 heterocycles. The van der Waals surface area contributed by atoms with E-state index in [1.54, 1.807) is 10.8 Å². The molecule has 0 saturated heterocycles. The van der Waals surface area contributed by atoms with Gasteiger partial charge in [-0.1, -0.05) is 65.8 Å². The molecule has 0 aliphatic carbocycles. The van der Waals surface area contributed by atoms with Crippen molar-refractivity contribution in [1.29, 1.82) is 0 Å². The summed E-state index contributed by atoms with van der Waals surface area (Å²) >= 11 is 0.